The van der Waals surface area contributed by atoms with E-state index in [0.29, 0.717) is 0 Å². The number of imidazole rings is 2. The van der Waals surface area contributed by atoms with Crippen molar-refractivity contribution in [2.24, 2.45) is 0 Å². The smallest absolute Gasteiger partial charge is 0.147 e. The fourth-order valence-electron chi connectivity index (χ4n) is 9.76. The predicted molar refractivity (Wildman–Crippen MR) is 256 cm³/mol. The molecule has 0 N–H and O–H groups in total. The van der Waals surface area contributed by atoms with Gasteiger partial charge in [-0.25, -0.2) is 9.97 Å². The quantitative estimate of drug-likeness (QED) is 0.121. The van der Waals surface area contributed by atoms with E-state index in [9.17, 15) is 0 Å². The number of hydrogen-bond acceptors (Lipinski definition) is 8. The minimum absolute atomic E-state index is 0.767. The fourth-order valence-corrected chi connectivity index (χ4v) is 9.76. The van der Waals surface area contributed by atoms with Crippen LogP contribution in [0.1, 0.15) is 0 Å². The highest BCUT2D eigenvalue weighted by Gasteiger charge is 2.28. The van der Waals surface area contributed by atoms with Crippen LogP contribution < -0.4 is 9.47 Å². The van der Waals surface area contributed by atoms with Crippen molar-refractivity contribution >= 4 is 87.2 Å². The molecule has 6 heterocycles. The third-order valence-corrected chi connectivity index (χ3v) is 12.5. The van der Waals surface area contributed by atoms with E-state index >= 15 is 0 Å². The van der Waals surface area contributed by atoms with E-state index in [-0.39, 0.29) is 0 Å². The van der Waals surface area contributed by atoms with Crippen molar-refractivity contribution in [3.05, 3.63) is 170 Å². The Morgan fingerprint density at radius 3 is 0.984 bits per heavy atom. The molecule has 0 bridgehead atoms. The lowest BCUT2D eigenvalue weighted by Crippen LogP contribution is -2.02. The number of ether oxygens (including phenoxy) is 2. The standard InChI is InChI=1S/C54H34N8O2/c1-63-33-23-19-31(20-24-33)61-51-41-17-9-29-57-47(41)45-39(15-7-27-55-45)49(51)59-53(61)43-35-11-3-5-13-37(35)44(38-14-6-4-12-36(38)43)54-60-50-40-16-8-28-56-46(40)48-42(18-10-30-58-48)52(50)62(54)32-21-25-34(64-2)26-22-32/h3-30H,1-2H3. The van der Waals surface area contributed by atoms with Gasteiger partial charge in [-0.05, 0) is 119 Å². The van der Waals surface area contributed by atoms with E-state index in [4.69, 9.17) is 39.4 Å². The van der Waals surface area contributed by atoms with Gasteiger partial charge in [0.2, 0.25) is 0 Å². The molecule has 64 heavy (non-hydrogen) atoms. The molecule has 0 spiro atoms. The molecule has 0 amide bonds. The molecule has 10 nitrogen and oxygen atoms in total. The number of benzene rings is 7. The van der Waals surface area contributed by atoms with Crippen LogP contribution >= 0.6 is 0 Å². The van der Waals surface area contributed by atoms with Gasteiger partial charge in [-0.2, -0.15) is 0 Å². The molecule has 13 rings (SSSR count). The van der Waals surface area contributed by atoms with E-state index in [1.165, 1.54) is 0 Å². The second kappa shape index (κ2) is 13.9. The zero-order valence-electron chi connectivity index (χ0n) is 34.6. The summed E-state index contributed by atoms with van der Waals surface area (Å²) in [6.07, 6.45) is 7.30. The molecule has 7 aromatic carbocycles. The fraction of sp³-hybridized carbons (Fsp3) is 0.0370. The zero-order valence-corrected chi connectivity index (χ0v) is 34.6. The highest BCUT2D eigenvalue weighted by Crippen LogP contribution is 2.48. The number of methoxy groups -OCH3 is 2. The molecule has 0 atom stereocenters. The van der Waals surface area contributed by atoms with Crippen molar-refractivity contribution in [2.45, 2.75) is 0 Å². The number of hydrogen-bond donors (Lipinski definition) is 0. The highest BCUT2D eigenvalue weighted by atomic mass is 16.5. The first-order valence-electron chi connectivity index (χ1n) is 21.0. The zero-order chi connectivity index (χ0) is 42.5. The van der Waals surface area contributed by atoms with Gasteiger partial charge in [-0.3, -0.25) is 29.1 Å². The Labute approximate surface area is 364 Å². The maximum absolute atomic E-state index is 5.68. The second-order valence-corrected chi connectivity index (χ2v) is 15.8. The van der Waals surface area contributed by atoms with Gasteiger partial charge < -0.3 is 9.47 Å². The molecular weight excluding hydrogens is 793 g/mol. The summed E-state index contributed by atoms with van der Waals surface area (Å²) in [5.74, 6) is 3.11. The third-order valence-electron chi connectivity index (χ3n) is 12.5. The molecule has 0 radical (unpaired) electrons. The van der Waals surface area contributed by atoms with Crippen molar-refractivity contribution in [1.82, 2.24) is 39.0 Å². The van der Waals surface area contributed by atoms with Crippen molar-refractivity contribution in [3.8, 4) is 45.6 Å². The van der Waals surface area contributed by atoms with E-state index in [0.717, 1.165) is 133 Å². The molecule has 0 unspecified atom stereocenters. The van der Waals surface area contributed by atoms with Crippen LogP contribution in [0.3, 0.4) is 0 Å². The molecule has 0 fully saturated rings. The summed E-state index contributed by atoms with van der Waals surface area (Å²) in [7, 11) is 3.37. The Bertz CT molecular complexity index is 3730. The normalized spacial score (nSPS) is 11.9. The van der Waals surface area contributed by atoms with Gasteiger partial charge in [-0.15, -0.1) is 0 Å². The average Bonchev–Trinajstić information content (AvgIpc) is 3.96. The molecule has 0 saturated carbocycles. The summed E-state index contributed by atoms with van der Waals surface area (Å²) in [6.45, 7) is 0. The first-order valence-corrected chi connectivity index (χ1v) is 21.0. The van der Waals surface area contributed by atoms with Crippen molar-refractivity contribution in [1.29, 1.82) is 0 Å². The summed E-state index contributed by atoms with van der Waals surface area (Å²) in [6, 6.07) is 49.9. The summed E-state index contributed by atoms with van der Waals surface area (Å²) >= 11 is 0. The topological polar surface area (TPSA) is 106 Å². The van der Waals surface area contributed by atoms with Gasteiger partial charge in [0.25, 0.3) is 0 Å². The summed E-state index contributed by atoms with van der Waals surface area (Å²) in [5, 5.41) is 7.88. The maximum Gasteiger partial charge on any atom is 0.147 e. The number of fused-ring (bicyclic) bond motifs is 14. The van der Waals surface area contributed by atoms with E-state index < -0.39 is 0 Å². The minimum atomic E-state index is 0.767. The van der Waals surface area contributed by atoms with Gasteiger partial charge in [0.1, 0.15) is 23.1 Å². The van der Waals surface area contributed by atoms with E-state index in [1.807, 2.05) is 73.3 Å². The molecule has 6 aromatic heterocycles. The minimum Gasteiger partial charge on any atom is -0.497 e. The van der Waals surface area contributed by atoms with Crippen molar-refractivity contribution in [2.75, 3.05) is 14.2 Å². The largest absolute Gasteiger partial charge is 0.497 e. The Balaban J connectivity index is 1.21. The van der Waals surface area contributed by atoms with Gasteiger partial charge in [-0.1, -0.05) is 48.5 Å². The molecule has 13 aromatic rings. The lowest BCUT2D eigenvalue weighted by atomic mass is 9.90. The first-order chi connectivity index (χ1) is 31.7. The predicted octanol–water partition coefficient (Wildman–Crippen LogP) is 12.2. The third kappa shape index (κ3) is 5.07. The molecule has 0 aliphatic carbocycles. The summed E-state index contributed by atoms with van der Waals surface area (Å²) in [4.78, 5) is 30.9. The van der Waals surface area contributed by atoms with Crippen LogP contribution in [0, 0.1) is 0 Å². The molecule has 10 heteroatoms. The van der Waals surface area contributed by atoms with E-state index in [2.05, 4.69) is 106 Å². The maximum atomic E-state index is 5.68. The lowest BCUT2D eigenvalue weighted by Gasteiger charge is -2.19. The molecule has 0 saturated heterocycles. The first kappa shape index (κ1) is 35.9. The Morgan fingerprint density at radius 1 is 0.328 bits per heavy atom. The van der Waals surface area contributed by atoms with Gasteiger partial charge >= 0.3 is 0 Å². The van der Waals surface area contributed by atoms with Crippen LogP contribution in [-0.2, 0) is 0 Å². The molecule has 302 valence electrons. The Morgan fingerprint density at radius 2 is 0.641 bits per heavy atom. The van der Waals surface area contributed by atoms with Crippen LogP contribution in [0.4, 0.5) is 0 Å². The van der Waals surface area contributed by atoms with Gasteiger partial charge in [0.05, 0.1) is 58.4 Å². The number of rotatable bonds is 6. The molecule has 0 aliphatic heterocycles. The monoisotopic (exact) mass is 826 g/mol. The average molecular weight is 827 g/mol. The Hall–Kier alpha value is -8.76. The van der Waals surface area contributed by atoms with Crippen molar-refractivity contribution in [3.63, 3.8) is 0 Å². The summed E-state index contributed by atoms with van der Waals surface area (Å²) in [5.41, 5.74) is 10.7. The van der Waals surface area contributed by atoms with Gasteiger partial charge in [0, 0.05) is 68.8 Å². The second-order valence-electron chi connectivity index (χ2n) is 15.8. The van der Waals surface area contributed by atoms with Gasteiger partial charge in [0.15, 0.2) is 0 Å². The van der Waals surface area contributed by atoms with Crippen LogP contribution in [-0.4, -0.2) is 53.3 Å². The number of nitrogens with zero attached hydrogens (tertiary/aromatic N) is 8. The van der Waals surface area contributed by atoms with E-state index in [1.54, 1.807) is 14.2 Å². The highest BCUT2D eigenvalue weighted by molar-refractivity contribution is 6.26. The lowest BCUT2D eigenvalue weighted by molar-refractivity contribution is 0.414. The molecular formula is C54H34N8O2. The van der Waals surface area contributed by atoms with Crippen LogP contribution in [0.2, 0.25) is 0 Å². The van der Waals surface area contributed by atoms with Crippen LogP contribution in [0.15, 0.2) is 170 Å². The molecule has 0 aliphatic rings. The van der Waals surface area contributed by atoms with Crippen molar-refractivity contribution < 1.29 is 9.47 Å². The van der Waals surface area contributed by atoms with Crippen LogP contribution in [0.25, 0.3) is 121 Å². The SMILES string of the molecule is COc1ccc(-n2c(-c3c4ccccc4c(-c4nc5c6cccnc6c6ncccc6c5n4-c4ccc(OC)cc4)c4ccccc34)nc3c4cccnc4c4ncccc4c32)cc1. The van der Waals surface area contributed by atoms with Crippen LogP contribution in [0.5, 0.6) is 11.5 Å². The number of aromatic nitrogens is 8. The Kier molecular flexibility index (Phi) is 7.80. The number of pyridine rings is 4. The summed E-state index contributed by atoms with van der Waals surface area (Å²) < 4.78 is 15.9.